The van der Waals surface area contributed by atoms with Crippen LogP contribution in [0.15, 0.2) is 54.9 Å². The molecule has 2 aromatic carbocycles. The fourth-order valence-electron chi connectivity index (χ4n) is 3.14. The molecular formula is C20H22N4O3. The molecule has 0 saturated heterocycles. The molecule has 0 fully saturated rings. The topological polar surface area (TPSA) is 80.5 Å². The van der Waals surface area contributed by atoms with Crippen LogP contribution >= 0.6 is 0 Å². The van der Waals surface area contributed by atoms with Crippen LogP contribution in [0.1, 0.15) is 11.6 Å². The van der Waals surface area contributed by atoms with Gasteiger partial charge in [0, 0.05) is 36.1 Å². The van der Waals surface area contributed by atoms with Crippen molar-refractivity contribution >= 4 is 22.1 Å². The number of nitro groups is 1. The molecule has 3 aromatic rings. The van der Waals surface area contributed by atoms with Gasteiger partial charge in [-0.25, -0.2) is 0 Å². The van der Waals surface area contributed by atoms with Gasteiger partial charge in [0.05, 0.1) is 23.5 Å². The average molecular weight is 366 g/mol. The number of anilines is 1. The van der Waals surface area contributed by atoms with Gasteiger partial charge in [-0.15, -0.1) is 0 Å². The molecule has 1 aromatic heterocycles. The summed E-state index contributed by atoms with van der Waals surface area (Å²) >= 11 is 0. The summed E-state index contributed by atoms with van der Waals surface area (Å²) in [6.45, 7) is 0.634. The second kappa shape index (κ2) is 8.01. The highest BCUT2D eigenvalue weighted by Gasteiger charge is 2.17. The maximum absolute atomic E-state index is 11.3. The third kappa shape index (κ3) is 3.98. The molecular weight excluding hydrogens is 344 g/mol. The number of methoxy groups -OCH3 is 1. The molecule has 0 spiro atoms. The van der Waals surface area contributed by atoms with Gasteiger partial charge in [-0.1, -0.05) is 12.1 Å². The molecule has 7 nitrogen and oxygen atoms in total. The highest BCUT2D eigenvalue weighted by atomic mass is 16.6. The van der Waals surface area contributed by atoms with E-state index in [1.807, 2.05) is 32.3 Å². The molecule has 0 radical (unpaired) electrons. The first-order valence-corrected chi connectivity index (χ1v) is 8.56. The number of rotatable bonds is 7. The van der Waals surface area contributed by atoms with Gasteiger partial charge in [-0.3, -0.25) is 15.1 Å². The summed E-state index contributed by atoms with van der Waals surface area (Å²) in [6, 6.07) is 13.1. The molecule has 3 rings (SSSR count). The Balaban J connectivity index is 1.90. The summed E-state index contributed by atoms with van der Waals surface area (Å²) in [6.07, 6.45) is 3.17. The second-order valence-corrected chi connectivity index (χ2v) is 6.45. The Morgan fingerprint density at radius 2 is 2.04 bits per heavy atom. The first kappa shape index (κ1) is 18.6. The number of hydrogen-bond acceptors (Lipinski definition) is 6. The number of nitrogens with zero attached hydrogens (tertiary/aromatic N) is 3. The van der Waals surface area contributed by atoms with Crippen molar-refractivity contribution in [3.63, 3.8) is 0 Å². The molecule has 0 aliphatic heterocycles. The van der Waals surface area contributed by atoms with E-state index in [1.165, 1.54) is 12.3 Å². The Hall–Kier alpha value is -3.19. The maximum Gasteiger partial charge on any atom is 0.278 e. The number of pyridine rings is 1. The van der Waals surface area contributed by atoms with Crippen molar-refractivity contribution in [1.82, 2.24) is 9.88 Å². The molecule has 140 valence electrons. The summed E-state index contributed by atoms with van der Waals surface area (Å²) in [5, 5.41) is 16.0. The van der Waals surface area contributed by atoms with Crippen molar-refractivity contribution in [2.75, 3.05) is 33.1 Å². The van der Waals surface area contributed by atoms with Crippen molar-refractivity contribution in [2.45, 2.75) is 6.04 Å². The largest absolute Gasteiger partial charge is 0.497 e. The number of ether oxygens (including phenoxy) is 1. The fourth-order valence-corrected chi connectivity index (χ4v) is 3.14. The van der Waals surface area contributed by atoms with Crippen molar-refractivity contribution < 1.29 is 9.66 Å². The van der Waals surface area contributed by atoms with Crippen LogP contribution in [-0.4, -0.2) is 42.6 Å². The lowest BCUT2D eigenvalue weighted by molar-refractivity contribution is -0.383. The number of benzene rings is 2. The van der Waals surface area contributed by atoms with E-state index < -0.39 is 0 Å². The Morgan fingerprint density at radius 3 is 2.74 bits per heavy atom. The number of non-ortho nitro benzene ring substituents is 1. The van der Waals surface area contributed by atoms with Crippen LogP contribution in [0.5, 0.6) is 5.75 Å². The van der Waals surface area contributed by atoms with Crippen LogP contribution in [0.3, 0.4) is 0 Å². The minimum absolute atomic E-state index is 0.0561. The normalized spacial score (nSPS) is 12.1. The van der Waals surface area contributed by atoms with Crippen LogP contribution in [0.4, 0.5) is 11.4 Å². The van der Waals surface area contributed by atoms with E-state index >= 15 is 0 Å². The van der Waals surface area contributed by atoms with Crippen molar-refractivity contribution in [3.05, 3.63) is 70.5 Å². The monoisotopic (exact) mass is 366 g/mol. The van der Waals surface area contributed by atoms with E-state index in [1.54, 1.807) is 25.4 Å². The number of aromatic nitrogens is 1. The second-order valence-electron chi connectivity index (χ2n) is 6.45. The molecule has 1 heterocycles. The lowest BCUT2D eigenvalue weighted by atomic mass is 10.0. The van der Waals surface area contributed by atoms with Gasteiger partial charge >= 0.3 is 0 Å². The molecule has 1 N–H and O–H groups in total. The number of fused-ring (bicyclic) bond motifs is 1. The molecule has 0 aliphatic rings. The van der Waals surface area contributed by atoms with Gasteiger partial charge in [0.1, 0.15) is 5.75 Å². The average Bonchev–Trinajstić information content (AvgIpc) is 2.67. The minimum Gasteiger partial charge on any atom is -0.497 e. The van der Waals surface area contributed by atoms with E-state index in [-0.39, 0.29) is 16.7 Å². The first-order valence-electron chi connectivity index (χ1n) is 8.56. The van der Waals surface area contributed by atoms with Crippen LogP contribution in [-0.2, 0) is 0 Å². The summed E-state index contributed by atoms with van der Waals surface area (Å²) in [5.74, 6) is 0.811. The quantitative estimate of drug-likeness (QED) is 0.505. The number of nitro benzene ring substituents is 1. The highest BCUT2D eigenvalue weighted by molar-refractivity contribution is 5.99. The van der Waals surface area contributed by atoms with Crippen molar-refractivity contribution in [3.8, 4) is 5.75 Å². The Bertz CT molecular complexity index is 959. The first-order chi connectivity index (χ1) is 13.0. The third-order valence-electron chi connectivity index (χ3n) is 4.58. The standard InChI is InChI=1S/C20H22N4O3/c1-23(2)20(14-5-4-6-15(11-14)27-3)13-22-18-7-8-19(24(25)26)17-12-21-10-9-16(17)18/h4-12,20,22H,13H2,1-3H3. The minimum atomic E-state index is -0.382. The van der Waals surface area contributed by atoms with Gasteiger partial charge in [0.2, 0.25) is 0 Å². The van der Waals surface area contributed by atoms with Gasteiger partial charge < -0.3 is 15.0 Å². The zero-order valence-electron chi connectivity index (χ0n) is 15.5. The fraction of sp³-hybridized carbons (Fsp3) is 0.250. The lowest BCUT2D eigenvalue weighted by Crippen LogP contribution is -2.27. The van der Waals surface area contributed by atoms with Gasteiger partial charge in [0.25, 0.3) is 5.69 Å². The van der Waals surface area contributed by atoms with Crippen LogP contribution in [0, 0.1) is 10.1 Å². The Kier molecular flexibility index (Phi) is 5.52. The van der Waals surface area contributed by atoms with Crippen LogP contribution < -0.4 is 10.1 Å². The van der Waals surface area contributed by atoms with Gasteiger partial charge in [-0.05, 0) is 43.9 Å². The van der Waals surface area contributed by atoms with E-state index in [0.717, 1.165) is 22.4 Å². The smallest absolute Gasteiger partial charge is 0.278 e. The number of hydrogen-bond donors (Lipinski definition) is 1. The van der Waals surface area contributed by atoms with E-state index in [4.69, 9.17) is 4.74 Å². The highest BCUT2D eigenvalue weighted by Crippen LogP contribution is 2.31. The predicted molar refractivity (Wildman–Crippen MR) is 106 cm³/mol. The summed E-state index contributed by atoms with van der Waals surface area (Å²) in [5.41, 5.74) is 2.02. The maximum atomic E-state index is 11.3. The SMILES string of the molecule is COc1cccc(C(CNc2ccc([N+](=O)[O-])c3cnccc23)N(C)C)c1. The molecule has 0 amide bonds. The van der Waals surface area contributed by atoms with E-state index in [2.05, 4.69) is 21.3 Å². The third-order valence-corrected chi connectivity index (χ3v) is 4.58. The van der Waals surface area contributed by atoms with Crippen molar-refractivity contribution in [1.29, 1.82) is 0 Å². The summed E-state index contributed by atoms with van der Waals surface area (Å²) < 4.78 is 5.33. The van der Waals surface area contributed by atoms with Crippen LogP contribution in [0.2, 0.25) is 0 Å². The Morgan fingerprint density at radius 1 is 1.22 bits per heavy atom. The Labute approximate surface area is 157 Å². The molecule has 0 aliphatic carbocycles. The van der Waals surface area contributed by atoms with E-state index in [0.29, 0.717) is 11.9 Å². The summed E-state index contributed by atoms with van der Waals surface area (Å²) in [7, 11) is 5.69. The number of nitrogens with one attached hydrogen (secondary N) is 1. The zero-order valence-corrected chi connectivity index (χ0v) is 15.5. The van der Waals surface area contributed by atoms with Gasteiger partial charge in [0.15, 0.2) is 0 Å². The van der Waals surface area contributed by atoms with Gasteiger partial charge in [-0.2, -0.15) is 0 Å². The number of likely N-dealkylation sites (N-methyl/N-ethyl adjacent to an activating group) is 1. The zero-order chi connectivity index (χ0) is 19.4. The molecule has 27 heavy (non-hydrogen) atoms. The predicted octanol–water partition coefficient (Wildman–Crippen LogP) is 3.87. The molecule has 0 saturated carbocycles. The van der Waals surface area contributed by atoms with Crippen LogP contribution in [0.25, 0.3) is 10.8 Å². The lowest BCUT2D eigenvalue weighted by Gasteiger charge is -2.26. The molecule has 1 atom stereocenters. The van der Waals surface area contributed by atoms with E-state index in [9.17, 15) is 10.1 Å². The molecule has 1 unspecified atom stereocenters. The molecule has 0 bridgehead atoms. The van der Waals surface area contributed by atoms with Crippen molar-refractivity contribution in [2.24, 2.45) is 0 Å². The molecule has 7 heteroatoms. The summed E-state index contributed by atoms with van der Waals surface area (Å²) in [4.78, 5) is 17.0.